The summed E-state index contributed by atoms with van der Waals surface area (Å²) in [4.78, 5) is 15.6. The lowest BCUT2D eigenvalue weighted by molar-refractivity contribution is 1.07. The third-order valence-corrected chi connectivity index (χ3v) is 11.3. The second-order valence-corrected chi connectivity index (χ2v) is 14.8. The Kier molecular flexibility index (Phi) is 8.45. The molecule has 0 atom stereocenters. The normalized spacial score (nSPS) is 11.4. The van der Waals surface area contributed by atoms with E-state index in [4.69, 9.17) is 15.0 Å². The first-order valence-electron chi connectivity index (χ1n) is 19.9. The van der Waals surface area contributed by atoms with Gasteiger partial charge in [0.2, 0.25) is 0 Å². The van der Waals surface area contributed by atoms with E-state index in [1.165, 1.54) is 32.7 Å². The van der Waals surface area contributed by atoms with Gasteiger partial charge < -0.3 is 4.57 Å². The fraction of sp³-hybridized carbons (Fsp3) is 0. The van der Waals surface area contributed by atoms with Crippen molar-refractivity contribution in [2.24, 2.45) is 0 Å². The fourth-order valence-corrected chi connectivity index (χ4v) is 8.38. The number of hydrogen-bond acceptors (Lipinski definition) is 3. The summed E-state index contributed by atoms with van der Waals surface area (Å²) in [5.41, 5.74) is 13.0. The summed E-state index contributed by atoms with van der Waals surface area (Å²) in [5, 5.41) is 4.87. The molecule has 0 radical (unpaired) electrons. The van der Waals surface area contributed by atoms with Crippen LogP contribution in [0.25, 0.3) is 106 Å². The van der Waals surface area contributed by atoms with E-state index in [9.17, 15) is 0 Å². The molecule has 11 rings (SSSR count). The lowest BCUT2D eigenvalue weighted by Gasteiger charge is -2.16. The monoisotopic (exact) mass is 752 g/mol. The Hall–Kier alpha value is -7.95. The zero-order valence-corrected chi connectivity index (χ0v) is 32.1. The van der Waals surface area contributed by atoms with Gasteiger partial charge in [-0.25, -0.2) is 15.0 Å². The molecule has 0 unspecified atom stereocenters. The van der Waals surface area contributed by atoms with Crippen LogP contribution in [-0.2, 0) is 0 Å². The Labute approximate surface area is 342 Å². The third kappa shape index (κ3) is 6.24. The minimum atomic E-state index is 0.608. The molecule has 0 spiro atoms. The van der Waals surface area contributed by atoms with E-state index in [2.05, 4.69) is 217 Å². The van der Waals surface area contributed by atoms with Gasteiger partial charge >= 0.3 is 0 Å². The molecule has 2 aromatic heterocycles. The highest BCUT2D eigenvalue weighted by molar-refractivity contribution is 6.10. The van der Waals surface area contributed by atoms with Crippen LogP contribution >= 0.6 is 0 Å². The average Bonchev–Trinajstić information content (AvgIpc) is 3.66. The number of nitrogens with zero attached hydrogens (tertiary/aromatic N) is 4. The van der Waals surface area contributed by atoms with Gasteiger partial charge in [0, 0.05) is 33.0 Å². The van der Waals surface area contributed by atoms with Crippen LogP contribution in [0.2, 0.25) is 0 Å². The highest BCUT2D eigenvalue weighted by Gasteiger charge is 2.19. The highest BCUT2D eigenvalue weighted by Crippen LogP contribution is 2.39. The molecule has 0 saturated heterocycles. The van der Waals surface area contributed by atoms with Crippen molar-refractivity contribution < 1.29 is 0 Å². The van der Waals surface area contributed by atoms with Crippen molar-refractivity contribution in [3.63, 3.8) is 0 Å². The van der Waals surface area contributed by atoms with Gasteiger partial charge in [-0.2, -0.15) is 0 Å². The second kappa shape index (κ2) is 14.5. The maximum atomic E-state index is 5.23. The summed E-state index contributed by atoms with van der Waals surface area (Å²) >= 11 is 0. The molecular formula is C55H36N4. The van der Waals surface area contributed by atoms with Gasteiger partial charge in [0.05, 0.1) is 16.7 Å². The van der Waals surface area contributed by atoms with Crippen molar-refractivity contribution >= 4 is 32.6 Å². The van der Waals surface area contributed by atoms with E-state index < -0.39 is 0 Å². The Balaban J connectivity index is 1.09. The summed E-state index contributed by atoms with van der Waals surface area (Å²) in [6.45, 7) is 0. The number of aromatic nitrogens is 4. The largest absolute Gasteiger partial charge is 0.309 e. The molecule has 4 nitrogen and oxygen atoms in total. The van der Waals surface area contributed by atoms with Crippen molar-refractivity contribution in [1.29, 1.82) is 0 Å². The Morgan fingerprint density at radius 3 is 1.32 bits per heavy atom. The van der Waals surface area contributed by atoms with Gasteiger partial charge in [0.1, 0.15) is 0 Å². The average molecular weight is 753 g/mol. The molecule has 59 heavy (non-hydrogen) atoms. The van der Waals surface area contributed by atoms with Gasteiger partial charge in [-0.3, -0.25) is 0 Å². The Bertz CT molecular complexity index is 3240. The van der Waals surface area contributed by atoms with Gasteiger partial charge in [0.25, 0.3) is 0 Å². The van der Waals surface area contributed by atoms with E-state index in [-0.39, 0.29) is 0 Å². The number of para-hydroxylation sites is 2. The van der Waals surface area contributed by atoms with Gasteiger partial charge in [0.15, 0.2) is 17.5 Å². The Morgan fingerprint density at radius 1 is 0.271 bits per heavy atom. The second-order valence-electron chi connectivity index (χ2n) is 14.8. The van der Waals surface area contributed by atoms with E-state index in [1.54, 1.807) is 0 Å². The van der Waals surface area contributed by atoms with Crippen LogP contribution in [0.5, 0.6) is 0 Å². The summed E-state index contributed by atoms with van der Waals surface area (Å²) in [6.07, 6.45) is 0. The van der Waals surface area contributed by atoms with Gasteiger partial charge in [-0.15, -0.1) is 0 Å². The first kappa shape index (κ1) is 34.3. The van der Waals surface area contributed by atoms with Crippen LogP contribution in [0.1, 0.15) is 0 Å². The predicted molar refractivity (Wildman–Crippen MR) is 244 cm³/mol. The van der Waals surface area contributed by atoms with Crippen LogP contribution in [-0.4, -0.2) is 19.5 Å². The molecule has 0 aliphatic heterocycles. The molecule has 0 bridgehead atoms. The van der Waals surface area contributed by atoms with Crippen LogP contribution in [0.4, 0.5) is 0 Å². The van der Waals surface area contributed by atoms with Crippen molar-refractivity contribution in [3.05, 3.63) is 218 Å². The van der Waals surface area contributed by atoms with Gasteiger partial charge in [-0.1, -0.05) is 200 Å². The molecule has 276 valence electrons. The van der Waals surface area contributed by atoms with Crippen LogP contribution < -0.4 is 0 Å². The zero-order valence-electron chi connectivity index (χ0n) is 32.1. The molecule has 0 aliphatic carbocycles. The van der Waals surface area contributed by atoms with E-state index in [0.717, 1.165) is 55.7 Å². The molecule has 0 amide bonds. The summed E-state index contributed by atoms with van der Waals surface area (Å²) < 4.78 is 2.38. The SMILES string of the molecule is c1ccc(-c2ccc(-c3nc(-c4ccc(-c5cccc6ccccc56)cc4)nc(-c4ccc(-c5ccccc5)c(-n5c6ccccc6c6ccccc65)c4)n3)cc2)cc1. The van der Waals surface area contributed by atoms with E-state index in [0.29, 0.717) is 17.5 Å². The number of fused-ring (bicyclic) bond motifs is 4. The van der Waals surface area contributed by atoms with Crippen molar-refractivity contribution in [3.8, 4) is 73.2 Å². The lowest BCUT2D eigenvalue weighted by Crippen LogP contribution is -2.02. The van der Waals surface area contributed by atoms with Crippen LogP contribution in [0.15, 0.2) is 218 Å². The van der Waals surface area contributed by atoms with Crippen LogP contribution in [0.3, 0.4) is 0 Å². The molecule has 0 N–H and O–H groups in total. The quantitative estimate of drug-likeness (QED) is 0.163. The zero-order chi connectivity index (χ0) is 39.1. The first-order valence-corrected chi connectivity index (χ1v) is 19.9. The molecule has 0 fully saturated rings. The van der Waals surface area contributed by atoms with Crippen molar-refractivity contribution in [2.75, 3.05) is 0 Å². The predicted octanol–water partition coefficient (Wildman–Crippen LogP) is 14.1. The maximum absolute atomic E-state index is 5.23. The molecule has 4 heteroatoms. The standard InChI is InChI=1S/C55H36N4/c1-3-14-37(15-4-1)38-26-30-42(31-27-38)53-56-54(43-32-28-41(29-33-43)46-23-13-19-39-18-7-8-20-45(39)46)58-55(57-53)44-34-35-47(40-16-5-2-6-17-40)52(36-44)59-50-24-11-9-21-48(50)49-22-10-12-25-51(49)59/h1-36H. The minimum absolute atomic E-state index is 0.608. The Morgan fingerprint density at radius 2 is 0.695 bits per heavy atom. The summed E-state index contributed by atoms with van der Waals surface area (Å²) in [6, 6.07) is 77.0. The topological polar surface area (TPSA) is 43.6 Å². The molecule has 9 aromatic carbocycles. The lowest BCUT2D eigenvalue weighted by atomic mass is 9.97. The van der Waals surface area contributed by atoms with E-state index >= 15 is 0 Å². The van der Waals surface area contributed by atoms with Crippen LogP contribution in [0, 0.1) is 0 Å². The molecule has 0 saturated carbocycles. The van der Waals surface area contributed by atoms with E-state index in [1.807, 2.05) is 6.07 Å². The number of hydrogen-bond donors (Lipinski definition) is 0. The number of benzene rings is 9. The molecule has 2 heterocycles. The van der Waals surface area contributed by atoms with Crippen molar-refractivity contribution in [2.45, 2.75) is 0 Å². The minimum Gasteiger partial charge on any atom is -0.309 e. The van der Waals surface area contributed by atoms with Crippen molar-refractivity contribution in [1.82, 2.24) is 19.5 Å². The summed E-state index contributed by atoms with van der Waals surface area (Å²) in [5.74, 6) is 1.84. The third-order valence-electron chi connectivity index (χ3n) is 11.3. The molecular weight excluding hydrogens is 717 g/mol. The highest BCUT2D eigenvalue weighted by atomic mass is 15.0. The number of rotatable bonds is 7. The summed E-state index contributed by atoms with van der Waals surface area (Å²) in [7, 11) is 0. The maximum Gasteiger partial charge on any atom is 0.164 e. The fourth-order valence-electron chi connectivity index (χ4n) is 8.38. The molecule has 0 aliphatic rings. The molecule has 11 aromatic rings. The smallest absolute Gasteiger partial charge is 0.164 e. The first-order chi connectivity index (χ1) is 29.2. The van der Waals surface area contributed by atoms with Gasteiger partial charge in [-0.05, 0) is 56.8 Å².